The Balaban J connectivity index is 1.59. The highest BCUT2D eigenvalue weighted by Gasteiger charge is 2.13. The van der Waals surface area contributed by atoms with Crippen LogP contribution in [0.4, 0.5) is 11.5 Å². The number of amides is 1. The fourth-order valence-electron chi connectivity index (χ4n) is 3.21. The van der Waals surface area contributed by atoms with E-state index in [1.165, 1.54) is 0 Å². The van der Waals surface area contributed by atoms with Gasteiger partial charge in [-0.25, -0.2) is 0 Å². The molecule has 0 saturated carbocycles. The second kappa shape index (κ2) is 9.45. The summed E-state index contributed by atoms with van der Waals surface area (Å²) in [5, 5.41) is 11.5. The number of anilines is 2. The van der Waals surface area contributed by atoms with Gasteiger partial charge in [0.1, 0.15) is 6.54 Å². The number of nitrogens with zero attached hydrogens (tertiary/aromatic N) is 2. The lowest BCUT2D eigenvalue weighted by molar-refractivity contribution is -0.119. The van der Waals surface area contributed by atoms with Crippen molar-refractivity contribution in [2.45, 2.75) is 6.92 Å². The number of likely N-dealkylation sites (N-methyl/N-ethyl adjacent to an activating group) is 1. The van der Waals surface area contributed by atoms with Crippen LogP contribution in [0.3, 0.4) is 0 Å². The number of aliphatic imine (C=N–C) groups is 1. The molecule has 4 rings (SSSR count). The molecular formula is C24H21ClN4O2. The molecule has 31 heavy (non-hydrogen) atoms. The number of hydrogen-bond acceptors (Lipinski definition) is 5. The van der Waals surface area contributed by atoms with Crippen molar-refractivity contribution in [1.29, 1.82) is 0 Å². The molecule has 3 aromatic carbocycles. The van der Waals surface area contributed by atoms with Gasteiger partial charge in [-0.2, -0.15) is 0 Å². The van der Waals surface area contributed by atoms with Crippen molar-refractivity contribution in [2.75, 3.05) is 18.4 Å². The van der Waals surface area contributed by atoms with Crippen LogP contribution in [-0.4, -0.2) is 30.4 Å². The minimum Gasteiger partial charge on any atom is -0.355 e. The second-order valence-corrected chi connectivity index (χ2v) is 7.25. The van der Waals surface area contributed by atoms with Crippen LogP contribution in [-0.2, 0) is 4.79 Å². The normalized spacial score (nSPS) is 11.2. The number of halogens is 1. The maximum absolute atomic E-state index is 11.6. The molecule has 4 aromatic rings. The van der Waals surface area contributed by atoms with E-state index in [1.54, 1.807) is 6.21 Å². The van der Waals surface area contributed by atoms with Crippen LogP contribution >= 0.6 is 11.6 Å². The van der Waals surface area contributed by atoms with Crippen LogP contribution in [0.5, 0.6) is 0 Å². The van der Waals surface area contributed by atoms with E-state index in [-0.39, 0.29) is 12.5 Å². The number of hydrogen-bond donors (Lipinski definition) is 2. The van der Waals surface area contributed by atoms with E-state index in [1.807, 2.05) is 73.7 Å². The molecule has 0 aliphatic heterocycles. The number of rotatable bonds is 7. The van der Waals surface area contributed by atoms with Crippen LogP contribution in [0.2, 0.25) is 5.02 Å². The Kier molecular flexibility index (Phi) is 6.29. The van der Waals surface area contributed by atoms with Gasteiger partial charge in [0.2, 0.25) is 5.91 Å². The minimum absolute atomic E-state index is 0.0858. The molecule has 0 saturated heterocycles. The van der Waals surface area contributed by atoms with Gasteiger partial charge >= 0.3 is 0 Å². The molecule has 1 aromatic heterocycles. The number of carbonyl (C=O) groups excluding carboxylic acids is 1. The van der Waals surface area contributed by atoms with Gasteiger partial charge in [-0.05, 0) is 42.3 Å². The topological polar surface area (TPSA) is 79.5 Å². The van der Waals surface area contributed by atoms with Crippen LogP contribution < -0.4 is 10.6 Å². The summed E-state index contributed by atoms with van der Waals surface area (Å²) in [6.45, 7) is 2.55. The summed E-state index contributed by atoms with van der Waals surface area (Å²) < 4.78 is 5.44. The number of fused-ring (bicyclic) bond motifs is 1. The average Bonchev–Trinajstić information content (AvgIpc) is 3.18. The van der Waals surface area contributed by atoms with Gasteiger partial charge in [-0.3, -0.25) is 9.79 Å². The SMILES string of the molecule is CCNC(=O)CN=Cc1ccc2onc(Nc3cccc(-c4ccccc4)c3Cl)c2c1. The summed E-state index contributed by atoms with van der Waals surface area (Å²) in [6.07, 6.45) is 1.66. The molecule has 7 heteroatoms. The van der Waals surface area contributed by atoms with Gasteiger partial charge in [0, 0.05) is 18.3 Å². The second-order valence-electron chi connectivity index (χ2n) is 6.87. The van der Waals surface area contributed by atoms with Crippen molar-refractivity contribution in [3.8, 4) is 11.1 Å². The molecule has 1 heterocycles. The molecule has 2 N–H and O–H groups in total. The standard InChI is InChI=1S/C24H21ClN4O2/c1-2-27-22(30)15-26-14-16-11-12-21-19(13-16)24(29-31-21)28-20-10-6-9-18(23(20)25)17-7-4-3-5-8-17/h3-14H,2,15H2,1H3,(H,27,30)(H,28,29). The third-order valence-corrected chi connectivity index (χ3v) is 5.09. The summed E-state index contributed by atoms with van der Waals surface area (Å²) in [7, 11) is 0. The Morgan fingerprint density at radius 3 is 2.77 bits per heavy atom. The van der Waals surface area contributed by atoms with Gasteiger partial charge in [0.05, 0.1) is 16.1 Å². The molecule has 0 spiro atoms. The number of carbonyl (C=O) groups is 1. The van der Waals surface area contributed by atoms with Gasteiger partial charge < -0.3 is 15.2 Å². The lowest BCUT2D eigenvalue weighted by Gasteiger charge is -2.10. The van der Waals surface area contributed by atoms with E-state index in [2.05, 4.69) is 20.8 Å². The van der Waals surface area contributed by atoms with E-state index in [0.29, 0.717) is 23.0 Å². The van der Waals surface area contributed by atoms with Crippen molar-refractivity contribution in [3.05, 3.63) is 77.3 Å². The molecular weight excluding hydrogens is 412 g/mol. The first-order chi connectivity index (χ1) is 15.2. The van der Waals surface area contributed by atoms with Crippen molar-refractivity contribution in [2.24, 2.45) is 4.99 Å². The first-order valence-electron chi connectivity index (χ1n) is 9.92. The van der Waals surface area contributed by atoms with Crippen molar-refractivity contribution >= 4 is 46.2 Å². The number of benzene rings is 3. The molecule has 6 nitrogen and oxygen atoms in total. The zero-order chi connectivity index (χ0) is 21.6. The maximum atomic E-state index is 11.6. The summed E-state index contributed by atoms with van der Waals surface area (Å²) in [5.41, 5.74) is 4.17. The monoisotopic (exact) mass is 432 g/mol. The molecule has 0 bridgehead atoms. The summed E-state index contributed by atoms with van der Waals surface area (Å²) in [4.78, 5) is 15.7. The van der Waals surface area contributed by atoms with Crippen LogP contribution in [0.1, 0.15) is 12.5 Å². The number of aromatic nitrogens is 1. The smallest absolute Gasteiger partial charge is 0.241 e. The zero-order valence-corrected chi connectivity index (χ0v) is 17.7. The van der Waals surface area contributed by atoms with Gasteiger partial charge in [-0.1, -0.05) is 59.2 Å². The fourth-order valence-corrected chi connectivity index (χ4v) is 3.49. The summed E-state index contributed by atoms with van der Waals surface area (Å²) >= 11 is 6.69. The van der Waals surface area contributed by atoms with Crippen LogP contribution in [0.25, 0.3) is 22.1 Å². The average molecular weight is 433 g/mol. The Morgan fingerprint density at radius 1 is 1.13 bits per heavy atom. The molecule has 0 radical (unpaired) electrons. The highest BCUT2D eigenvalue weighted by molar-refractivity contribution is 6.36. The third kappa shape index (κ3) is 4.75. The Labute approximate surface area is 184 Å². The predicted octanol–water partition coefficient (Wildman–Crippen LogP) is 5.45. The van der Waals surface area contributed by atoms with Gasteiger partial charge in [-0.15, -0.1) is 0 Å². The first-order valence-corrected chi connectivity index (χ1v) is 10.3. The summed E-state index contributed by atoms with van der Waals surface area (Å²) in [5.74, 6) is 0.446. The van der Waals surface area contributed by atoms with Crippen molar-refractivity contribution in [1.82, 2.24) is 10.5 Å². The molecule has 0 atom stereocenters. The predicted molar refractivity (Wildman–Crippen MR) is 125 cm³/mol. The van der Waals surface area contributed by atoms with Crippen molar-refractivity contribution < 1.29 is 9.32 Å². The van der Waals surface area contributed by atoms with Gasteiger partial charge in [0.15, 0.2) is 11.4 Å². The van der Waals surface area contributed by atoms with E-state index in [0.717, 1.165) is 27.8 Å². The molecule has 0 aliphatic carbocycles. The van der Waals surface area contributed by atoms with E-state index in [4.69, 9.17) is 16.1 Å². The number of nitrogens with one attached hydrogen (secondary N) is 2. The Hall–Kier alpha value is -3.64. The Morgan fingerprint density at radius 2 is 1.97 bits per heavy atom. The fraction of sp³-hybridized carbons (Fsp3) is 0.125. The lowest BCUT2D eigenvalue weighted by atomic mass is 10.0. The lowest BCUT2D eigenvalue weighted by Crippen LogP contribution is -2.24. The molecule has 156 valence electrons. The van der Waals surface area contributed by atoms with Crippen LogP contribution in [0, 0.1) is 0 Å². The minimum atomic E-state index is -0.111. The Bertz CT molecular complexity index is 1240. The third-order valence-electron chi connectivity index (χ3n) is 4.68. The van der Waals surface area contributed by atoms with E-state index >= 15 is 0 Å². The highest BCUT2D eigenvalue weighted by atomic mass is 35.5. The zero-order valence-electron chi connectivity index (χ0n) is 16.9. The maximum Gasteiger partial charge on any atom is 0.241 e. The molecule has 0 aliphatic rings. The van der Waals surface area contributed by atoms with E-state index in [9.17, 15) is 4.79 Å². The van der Waals surface area contributed by atoms with Crippen LogP contribution in [0.15, 0.2) is 76.2 Å². The van der Waals surface area contributed by atoms with Crippen molar-refractivity contribution in [3.63, 3.8) is 0 Å². The van der Waals surface area contributed by atoms with Gasteiger partial charge in [0.25, 0.3) is 0 Å². The summed E-state index contributed by atoms with van der Waals surface area (Å²) in [6, 6.07) is 21.4. The molecule has 0 fully saturated rings. The highest BCUT2D eigenvalue weighted by Crippen LogP contribution is 2.36. The largest absolute Gasteiger partial charge is 0.355 e. The molecule has 1 amide bonds. The quantitative estimate of drug-likeness (QED) is 0.381. The van der Waals surface area contributed by atoms with E-state index < -0.39 is 0 Å². The first kappa shape index (κ1) is 20.6. The molecule has 0 unspecified atom stereocenters.